The first-order valence-electron chi connectivity index (χ1n) is 9.14. The van der Waals surface area contributed by atoms with Crippen LogP contribution in [0.25, 0.3) is 0 Å². The first kappa shape index (κ1) is 20.6. The summed E-state index contributed by atoms with van der Waals surface area (Å²) in [6.45, 7) is 2.46. The molecule has 10 heteroatoms. The summed E-state index contributed by atoms with van der Waals surface area (Å²) in [4.78, 5) is 40.9. The molecule has 0 fully saturated rings. The van der Waals surface area contributed by atoms with Crippen LogP contribution in [-0.4, -0.2) is 38.3 Å². The molecule has 2 aromatic heterocycles. The molecule has 2 amide bonds. The van der Waals surface area contributed by atoms with Crippen molar-refractivity contribution in [2.45, 2.75) is 20.0 Å². The molecule has 154 valence electrons. The molecule has 0 spiro atoms. The van der Waals surface area contributed by atoms with Gasteiger partial charge in [0.25, 0.3) is 17.5 Å². The maximum atomic E-state index is 13.1. The number of nitro benzene ring substituents is 1. The van der Waals surface area contributed by atoms with Gasteiger partial charge in [-0.05, 0) is 30.7 Å². The summed E-state index contributed by atoms with van der Waals surface area (Å²) in [5, 5.41) is 17.4. The SMILES string of the molecule is CCNC(=O)c1cc(CN(Cc2ccncc2)C(=O)c2cccc([N+](=O)[O-])c2)on1. The molecule has 0 saturated heterocycles. The Hall–Kier alpha value is -4.08. The summed E-state index contributed by atoms with van der Waals surface area (Å²) >= 11 is 0. The van der Waals surface area contributed by atoms with Gasteiger partial charge in [0, 0.05) is 49.2 Å². The van der Waals surface area contributed by atoms with Crippen LogP contribution in [0.5, 0.6) is 0 Å². The van der Waals surface area contributed by atoms with E-state index in [4.69, 9.17) is 4.52 Å². The molecule has 0 unspecified atom stereocenters. The number of pyridine rings is 1. The van der Waals surface area contributed by atoms with Gasteiger partial charge in [-0.3, -0.25) is 24.7 Å². The second-order valence-corrected chi connectivity index (χ2v) is 6.36. The highest BCUT2D eigenvalue weighted by atomic mass is 16.6. The summed E-state index contributed by atoms with van der Waals surface area (Å²) < 4.78 is 5.22. The Morgan fingerprint density at radius 2 is 1.93 bits per heavy atom. The molecule has 0 aliphatic rings. The van der Waals surface area contributed by atoms with Gasteiger partial charge in [0.1, 0.15) is 0 Å². The highest BCUT2D eigenvalue weighted by molar-refractivity contribution is 5.95. The Balaban J connectivity index is 1.87. The Labute approximate surface area is 171 Å². The zero-order valence-electron chi connectivity index (χ0n) is 16.1. The van der Waals surface area contributed by atoms with Gasteiger partial charge in [0.15, 0.2) is 11.5 Å². The molecule has 1 N–H and O–H groups in total. The Morgan fingerprint density at radius 3 is 2.63 bits per heavy atom. The Morgan fingerprint density at radius 1 is 1.17 bits per heavy atom. The molecule has 10 nitrogen and oxygen atoms in total. The monoisotopic (exact) mass is 409 g/mol. The molecule has 0 aliphatic carbocycles. The minimum absolute atomic E-state index is 0.0241. The molecule has 0 radical (unpaired) electrons. The van der Waals surface area contributed by atoms with Gasteiger partial charge in [-0.25, -0.2) is 0 Å². The summed E-state index contributed by atoms with van der Waals surface area (Å²) in [6.07, 6.45) is 3.21. The summed E-state index contributed by atoms with van der Waals surface area (Å²) in [7, 11) is 0. The van der Waals surface area contributed by atoms with Crippen LogP contribution in [0.2, 0.25) is 0 Å². The molecular formula is C20H19N5O5. The lowest BCUT2D eigenvalue weighted by molar-refractivity contribution is -0.384. The van der Waals surface area contributed by atoms with Crippen molar-refractivity contribution in [2.75, 3.05) is 6.54 Å². The number of hydrogen-bond donors (Lipinski definition) is 1. The van der Waals surface area contributed by atoms with E-state index in [0.717, 1.165) is 5.56 Å². The molecule has 3 rings (SSSR count). The van der Waals surface area contributed by atoms with Crippen molar-refractivity contribution in [3.8, 4) is 0 Å². The standard InChI is InChI=1S/C20H19N5O5/c1-2-22-19(26)18-11-17(30-23-18)13-24(12-14-6-8-21-9-7-14)20(27)15-4-3-5-16(10-15)25(28)29/h3-11H,2,12-13H2,1H3,(H,22,26). The van der Waals surface area contributed by atoms with Gasteiger partial charge < -0.3 is 14.7 Å². The number of nitrogens with one attached hydrogen (secondary N) is 1. The van der Waals surface area contributed by atoms with Gasteiger partial charge in [-0.1, -0.05) is 11.2 Å². The van der Waals surface area contributed by atoms with Gasteiger partial charge in [-0.15, -0.1) is 0 Å². The smallest absolute Gasteiger partial charge is 0.273 e. The van der Waals surface area contributed by atoms with Crippen molar-refractivity contribution >= 4 is 17.5 Å². The second kappa shape index (κ2) is 9.41. The molecule has 0 saturated carbocycles. The topological polar surface area (TPSA) is 131 Å². The average Bonchev–Trinajstić information content (AvgIpc) is 3.22. The third kappa shape index (κ3) is 5.04. The number of carbonyl (C=O) groups is 2. The fourth-order valence-corrected chi connectivity index (χ4v) is 2.78. The summed E-state index contributed by atoms with van der Waals surface area (Å²) in [5.74, 6) is -0.492. The maximum absolute atomic E-state index is 13.1. The van der Waals surface area contributed by atoms with E-state index in [1.165, 1.54) is 35.2 Å². The van der Waals surface area contributed by atoms with Crippen molar-refractivity contribution in [3.05, 3.63) is 87.6 Å². The normalized spacial score (nSPS) is 10.4. The van der Waals surface area contributed by atoms with E-state index >= 15 is 0 Å². The number of carbonyl (C=O) groups excluding carboxylic acids is 2. The third-order valence-electron chi connectivity index (χ3n) is 4.19. The van der Waals surface area contributed by atoms with Crippen LogP contribution in [0.1, 0.15) is 39.1 Å². The van der Waals surface area contributed by atoms with Crippen LogP contribution in [0.3, 0.4) is 0 Å². The lowest BCUT2D eigenvalue weighted by atomic mass is 10.1. The number of aromatic nitrogens is 2. The van der Waals surface area contributed by atoms with E-state index in [-0.39, 0.29) is 35.9 Å². The highest BCUT2D eigenvalue weighted by Gasteiger charge is 2.21. The molecule has 0 atom stereocenters. The van der Waals surface area contributed by atoms with E-state index < -0.39 is 10.8 Å². The molecule has 0 aliphatic heterocycles. The van der Waals surface area contributed by atoms with Crippen LogP contribution >= 0.6 is 0 Å². The average molecular weight is 409 g/mol. The first-order chi connectivity index (χ1) is 14.5. The zero-order valence-corrected chi connectivity index (χ0v) is 16.1. The largest absolute Gasteiger partial charge is 0.359 e. The number of rotatable bonds is 8. The molecule has 30 heavy (non-hydrogen) atoms. The maximum Gasteiger partial charge on any atom is 0.273 e. The predicted molar refractivity (Wildman–Crippen MR) is 105 cm³/mol. The van der Waals surface area contributed by atoms with E-state index in [2.05, 4.69) is 15.5 Å². The van der Waals surface area contributed by atoms with Crippen LogP contribution in [-0.2, 0) is 13.1 Å². The van der Waals surface area contributed by atoms with Crippen LogP contribution < -0.4 is 5.32 Å². The predicted octanol–water partition coefficient (Wildman–Crippen LogP) is 2.57. The number of benzene rings is 1. The molecule has 1 aromatic carbocycles. The number of non-ortho nitro benzene ring substituents is 1. The van der Waals surface area contributed by atoms with Gasteiger partial charge >= 0.3 is 0 Å². The Bertz CT molecular complexity index is 1050. The van der Waals surface area contributed by atoms with E-state index in [0.29, 0.717) is 12.3 Å². The molecular weight excluding hydrogens is 390 g/mol. The van der Waals surface area contributed by atoms with Crippen LogP contribution in [0.15, 0.2) is 59.4 Å². The van der Waals surface area contributed by atoms with Crippen molar-refractivity contribution < 1.29 is 19.0 Å². The van der Waals surface area contributed by atoms with E-state index in [1.807, 2.05) is 0 Å². The zero-order chi connectivity index (χ0) is 21.5. The fraction of sp³-hybridized carbons (Fsp3) is 0.200. The number of hydrogen-bond acceptors (Lipinski definition) is 7. The van der Waals surface area contributed by atoms with Crippen molar-refractivity contribution in [3.63, 3.8) is 0 Å². The van der Waals surface area contributed by atoms with Crippen molar-refractivity contribution in [1.82, 2.24) is 20.4 Å². The second-order valence-electron chi connectivity index (χ2n) is 6.36. The highest BCUT2D eigenvalue weighted by Crippen LogP contribution is 2.18. The lowest BCUT2D eigenvalue weighted by Gasteiger charge is -2.21. The quantitative estimate of drug-likeness (QED) is 0.447. The molecule has 3 aromatic rings. The minimum atomic E-state index is -0.556. The van der Waals surface area contributed by atoms with E-state index in [1.54, 1.807) is 31.5 Å². The molecule has 2 heterocycles. The first-order valence-corrected chi connectivity index (χ1v) is 9.14. The van der Waals surface area contributed by atoms with Crippen molar-refractivity contribution in [2.24, 2.45) is 0 Å². The summed E-state index contributed by atoms with van der Waals surface area (Å²) in [5.41, 5.74) is 0.912. The van der Waals surface area contributed by atoms with Gasteiger partial charge in [-0.2, -0.15) is 0 Å². The third-order valence-corrected chi connectivity index (χ3v) is 4.19. The molecule has 0 bridgehead atoms. The van der Waals surface area contributed by atoms with Gasteiger partial charge in [0.05, 0.1) is 11.5 Å². The van der Waals surface area contributed by atoms with Crippen LogP contribution in [0.4, 0.5) is 5.69 Å². The van der Waals surface area contributed by atoms with E-state index in [9.17, 15) is 19.7 Å². The summed E-state index contributed by atoms with van der Waals surface area (Å²) in [6, 6.07) is 10.5. The minimum Gasteiger partial charge on any atom is -0.359 e. The Kier molecular flexibility index (Phi) is 6.48. The lowest BCUT2D eigenvalue weighted by Crippen LogP contribution is -2.30. The fourth-order valence-electron chi connectivity index (χ4n) is 2.78. The number of nitro groups is 1. The number of nitrogens with zero attached hydrogens (tertiary/aromatic N) is 4. The van der Waals surface area contributed by atoms with Gasteiger partial charge in [0.2, 0.25) is 0 Å². The van der Waals surface area contributed by atoms with Crippen molar-refractivity contribution in [1.29, 1.82) is 0 Å². The van der Waals surface area contributed by atoms with Crippen LogP contribution in [0, 0.1) is 10.1 Å². The number of amides is 2.